The lowest BCUT2D eigenvalue weighted by Gasteiger charge is -2.09. The Hall–Kier alpha value is -3.41. The van der Waals surface area contributed by atoms with Crippen LogP contribution in [0.2, 0.25) is 0 Å². The monoisotopic (exact) mass is 351 g/mol. The van der Waals surface area contributed by atoms with Gasteiger partial charge in [-0.2, -0.15) is 0 Å². The van der Waals surface area contributed by atoms with Crippen molar-refractivity contribution in [3.05, 3.63) is 76.1 Å². The van der Waals surface area contributed by atoms with Gasteiger partial charge in [0, 0.05) is 11.1 Å². The van der Waals surface area contributed by atoms with Crippen LogP contribution in [0, 0.1) is 0 Å². The first kappa shape index (κ1) is 17.4. The van der Waals surface area contributed by atoms with Crippen molar-refractivity contribution in [3.63, 3.8) is 0 Å². The van der Waals surface area contributed by atoms with Gasteiger partial charge in [-0.05, 0) is 50.2 Å². The molecule has 1 amide bonds. The molecule has 26 heavy (non-hydrogen) atoms. The Labute approximate surface area is 149 Å². The van der Waals surface area contributed by atoms with Crippen molar-refractivity contribution >= 4 is 28.5 Å². The minimum atomic E-state index is -0.710. The third-order valence-corrected chi connectivity index (χ3v) is 3.61. The Morgan fingerprint density at radius 1 is 1.04 bits per heavy atom. The minimum Gasteiger partial charge on any atom is -0.459 e. The van der Waals surface area contributed by atoms with Crippen molar-refractivity contribution in [2.24, 2.45) is 0 Å². The van der Waals surface area contributed by atoms with Crippen molar-refractivity contribution in [1.29, 1.82) is 0 Å². The topological polar surface area (TPSA) is 85.6 Å². The van der Waals surface area contributed by atoms with Crippen LogP contribution in [-0.4, -0.2) is 18.0 Å². The molecule has 0 saturated carbocycles. The zero-order chi connectivity index (χ0) is 18.7. The Balaban J connectivity index is 1.79. The lowest BCUT2D eigenvalue weighted by Crippen LogP contribution is -2.20. The van der Waals surface area contributed by atoms with Crippen LogP contribution in [0.25, 0.3) is 11.0 Å². The first-order chi connectivity index (χ1) is 12.4. The molecule has 1 aromatic heterocycles. The fourth-order valence-corrected chi connectivity index (χ4v) is 2.39. The Bertz CT molecular complexity index is 1020. The number of anilines is 1. The van der Waals surface area contributed by atoms with E-state index in [2.05, 4.69) is 5.32 Å². The van der Waals surface area contributed by atoms with Gasteiger partial charge in [-0.3, -0.25) is 4.79 Å². The van der Waals surface area contributed by atoms with Crippen molar-refractivity contribution in [2.45, 2.75) is 20.0 Å². The third-order valence-electron chi connectivity index (χ3n) is 3.61. The van der Waals surface area contributed by atoms with Gasteiger partial charge in [-0.1, -0.05) is 18.2 Å². The van der Waals surface area contributed by atoms with Gasteiger partial charge in [-0.25, -0.2) is 9.59 Å². The van der Waals surface area contributed by atoms with Crippen LogP contribution in [0.15, 0.2) is 63.8 Å². The summed E-state index contributed by atoms with van der Waals surface area (Å²) in [6.45, 7) is 3.53. The van der Waals surface area contributed by atoms with Gasteiger partial charge in [0.25, 0.3) is 5.91 Å². The van der Waals surface area contributed by atoms with Crippen LogP contribution < -0.4 is 10.9 Å². The van der Waals surface area contributed by atoms with Gasteiger partial charge in [0.15, 0.2) is 0 Å². The molecule has 6 heteroatoms. The number of rotatable bonds is 4. The minimum absolute atomic E-state index is 0.0907. The van der Waals surface area contributed by atoms with E-state index >= 15 is 0 Å². The molecule has 0 spiro atoms. The molecule has 1 N–H and O–H groups in total. The second-order valence-corrected chi connectivity index (χ2v) is 5.97. The molecule has 0 bridgehead atoms. The largest absolute Gasteiger partial charge is 0.459 e. The van der Waals surface area contributed by atoms with Crippen LogP contribution >= 0.6 is 0 Å². The molecule has 0 unspecified atom stereocenters. The summed E-state index contributed by atoms with van der Waals surface area (Å²) in [5.74, 6) is -1.02. The first-order valence-electron chi connectivity index (χ1n) is 8.09. The van der Waals surface area contributed by atoms with E-state index in [-0.39, 0.29) is 11.7 Å². The standard InChI is InChI=1S/C20H17NO5/c1-12(2)25-19(23)13-7-9-15(10-8-13)21-18(22)16-11-14-5-3-4-6-17(14)26-20(16)24/h3-12H,1-2H3,(H,21,22). The average molecular weight is 351 g/mol. The second kappa shape index (κ2) is 7.23. The van der Waals surface area contributed by atoms with E-state index in [4.69, 9.17) is 9.15 Å². The van der Waals surface area contributed by atoms with Crippen molar-refractivity contribution in [1.82, 2.24) is 0 Å². The van der Waals surface area contributed by atoms with E-state index in [0.717, 1.165) is 0 Å². The fraction of sp³-hybridized carbons (Fsp3) is 0.150. The SMILES string of the molecule is CC(C)OC(=O)c1ccc(NC(=O)c2cc3ccccc3oc2=O)cc1. The van der Waals surface area contributed by atoms with Gasteiger partial charge in [-0.15, -0.1) is 0 Å². The smallest absolute Gasteiger partial charge is 0.349 e. The predicted molar refractivity (Wildman–Crippen MR) is 97.4 cm³/mol. The summed E-state index contributed by atoms with van der Waals surface area (Å²) in [7, 11) is 0. The number of amides is 1. The number of esters is 1. The van der Waals surface area contributed by atoms with Crippen LogP contribution in [0.3, 0.4) is 0 Å². The zero-order valence-corrected chi connectivity index (χ0v) is 14.3. The number of carbonyl (C=O) groups excluding carboxylic acids is 2. The molecule has 0 radical (unpaired) electrons. The molecule has 6 nitrogen and oxygen atoms in total. The maximum atomic E-state index is 12.4. The van der Waals surface area contributed by atoms with Crippen LogP contribution in [0.5, 0.6) is 0 Å². The highest BCUT2D eigenvalue weighted by Crippen LogP contribution is 2.15. The molecule has 2 aromatic carbocycles. The van der Waals surface area contributed by atoms with Crippen LogP contribution in [0.1, 0.15) is 34.6 Å². The predicted octanol–water partition coefficient (Wildman–Crippen LogP) is 3.61. The Kier molecular flexibility index (Phi) is 4.84. The van der Waals surface area contributed by atoms with Crippen LogP contribution in [-0.2, 0) is 4.74 Å². The molecule has 0 aliphatic rings. The normalized spacial score (nSPS) is 10.7. The number of para-hydroxylation sites is 1. The molecule has 0 aliphatic carbocycles. The average Bonchev–Trinajstić information content (AvgIpc) is 2.61. The molecule has 3 rings (SSSR count). The highest BCUT2D eigenvalue weighted by Gasteiger charge is 2.14. The summed E-state index contributed by atoms with van der Waals surface area (Å²) in [5.41, 5.74) is 0.443. The van der Waals surface area contributed by atoms with Crippen molar-refractivity contribution in [2.75, 3.05) is 5.32 Å². The molecule has 0 fully saturated rings. The maximum absolute atomic E-state index is 12.4. The van der Waals surface area contributed by atoms with E-state index < -0.39 is 17.5 Å². The fourth-order valence-electron chi connectivity index (χ4n) is 2.39. The first-order valence-corrected chi connectivity index (χ1v) is 8.09. The highest BCUT2D eigenvalue weighted by molar-refractivity contribution is 6.05. The third kappa shape index (κ3) is 3.80. The molecule has 1 heterocycles. The van der Waals surface area contributed by atoms with E-state index in [1.807, 2.05) is 0 Å². The van der Waals surface area contributed by atoms with Gasteiger partial charge in [0.05, 0.1) is 11.7 Å². The number of fused-ring (bicyclic) bond motifs is 1. The molecular formula is C20H17NO5. The van der Waals surface area contributed by atoms with Crippen molar-refractivity contribution < 1.29 is 18.7 Å². The van der Waals surface area contributed by atoms with E-state index in [1.54, 1.807) is 62.4 Å². The number of benzene rings is 2. The molecule has 132 valence electrons. The second-order valence-electron chi connectivity index (χ2n) is 5.97. The van der Waals surface area contributed by atoms with Crippen LogP contribution in [0.4, 0.5) is 5.69 Å². The summed E-state index contributed by atoms with van der Waals surface area (Å²) < 4.78 is 10.3. The van der Waals surface area contributed by atoms with Gasteiger partial charge in [0.2, 0.25) is 0 Å². The number of carbonyl (C=O) groups is 2. The lowest BCUT2D eigenvalue weighted by molar-refractivity contribution is 0.0378. The summed E-state index contributed by atoms with van der Waals surface area (Å²) in [5, 5.41) is 3.28. The maximum Gasteiger partial charge on any atom is 0.349 e. The summed E-state index contributed by atoms with van der Waals surface area (Å²) >= 11 is 0. The highest BCUT2D eigenvalue weighted by atomic mass is 16.5. The van der Waals surface area contributed by atoms with E-state index in [1.165, 1.54) is 6.07 Å². The van der Waals surface area contributed by atoms with Crippen molar-refractivity contribution in [3.8, 4) is 0 Å². The summed E-state index contributed by atoms with van der Waals surface area (Å²) in [6, 6.07) is 14.7. The van der Waals surface area contributed by atoms with Gasteiger partial charge >= 0.3 is 11.6 Å². The Morgan fingerprint density at radius 2 is 1.73 bits per heavy atom. The summed E-state index contributed by atoms with van der Waals surface area (Å²) in [4.78, 5) is 36.2. The van der Waals surface area contributed by atoms with E-state index in [0.29, 0.717) is 22.2 Å². The molecule has 3 aromatic rings. The molecule has 0 aliphatic heterocycles. The molecule has 0 saturated heterocycles. The molecular weight excluding hydrogens is 334 g/mol. The van der Waals surface area contributed by atoms with Gasteiger partial charge < -0.3 is 14.5 Å². The van der Waals surface area contributed by atoms with E-state index in [9.17, 15) is 14.4 Å². The number of hydrogen-bond donors (Lipinski definition) is 1. The zero-order valence-electron chi connectivity index (χ0n) is 14.3. The number of hydrogen-bond acceptors (Lipinski definition) is 5. The summed E-state index contributed by atoms with van der Waals surface area (Å²) in [6.07, 6.45) is -0.214. The lowest BCUT2D eigenvalue weighted by atomic mass is 10.1. The molecule has 0 atom stereocenters. The quantitative estimate of drug-likeness (QED) is 0.573. The Morgan fingerprint density at radius 3 is 2.42 bits per heavy atom. The number of nitrogens with one attached hydrogen (secondary N) is 1. The number of ether oxygens (including phenoxy) is 1. The van der Waals surface area contributed by atoms with Gasteiger partial charge in [0.1, 0.15) is 11.1 Å².